The number of pyridine rings is 1. The molecule has 0 saturated carbocycles. The van der Waals surface area contributed by atoms with Gasteiger partial charge in [-0.25, -0.2) is 15.0 Å². The fourth-order valence-corrected chi connectivity index (χ4v) is 2.11. The van der Waals surface area contributed by atoms with Crippen molar-refractivity contribution in [3.63, 3.8) is 0 Å². The predicted octanol–water partition coefficient (Wildman–Crippen LogP) is 1.97. The summed E-state index contributed by atoms with van der Waals surface area (Å²) in [6.45, 7) is 3.53. The first kappa shape index (κ1) is 13.2. The number of nitrogens with one attached hydrogen (secondary N) is 1. The average molecular weight is 285 g/mol. The van der Waals surface area contributed by atoms with Crippen LogP contribution in [0.4, 0.5) is 4.39 Å². The Labute approximate surface area is 119 Å². The summed E-state index contributed by atoms with van der Waals surface area (Å²) >= 11 is 0. The maximum Gasteiger partial charge on any atom is 0.273 e. The molecule has 0 saturated heterocycles. The standard InChI is InChI=1S/C14H12FN5O/c1-8-6-20(11-3-4-12(15)18-13(8)11)19-14(21)10-5-16-7-17-9(10)2/h3-7H,1-2H3,(H,19,21). The lowest BCUT2D eigenvalue weighted by molar-refractivity contribution is 0.101. The number of rotatable bonds is 2. The van der Waals surface area contributed by atoms with Gasteiger partial charge in [0.2, 0.25) is 5.95 Å². The first-order valence-corrected chi connectivity index (χ1v) is 6.28. The Kier molecular flexibility index (Phi) is 3.09. The molecule has 0 radical (unpaired) electrons. The molecule has 0 atom stereocenters. The fraction of sp³-hybridized carbons (Fsp3) is 0.143. The maximum absolute atomic E-state index is 13.2. The third kappa shape index (κ3) is 2.33. The molecular formula is C14H12FN5O. The first-order chi connectivity index (χ1) is 10.1. The largest absolute Gasteiger partial charge is 0.273 e. The van der Waals surface area contributed by atoms with E-state index in [9.17, 15) is 9.18 Å². The summed E-state index contributed by atoms with van der Waals surface area (Å²) in [5.74, 6) is -0.892. The molecule has 3 heterocycles. The monoisotopic (exact) mass is 285 g/mol. The Morgan fingerprint density at radius 1 is 1.33 bits per heavy atom. The topological polar surface area (TPSA) is 72.7 Å². The summed E-state index contributed by atoms with van der Waals surface area (Å²) in [5.41, 5.74) is 5.58. The smallest absolute Gasteiger partial charge is 0.267 e. The van der Waals surface area contributed by atoms with Crippen LogP contribution in [0.25, 0.3) is 11.0 Å². The molecule has 0 aromatic carbocycles. The van der Waals surface area contributed by atoms with Gasteiger partial charge in [-0.2, -0.15) is 4.39 Å². The van der Waals surface area contributed by atoms with E-state index in [-0.39, 0.29) is 5.91 Å². The molecule has 3 aromatic heterocycles. The van der Waals surface area contributed by atoms with Crippen LogP contribution >= 0.6 is 0 Å². The second kappa shape index (κ2) is 4.93. The molecule has 7 heteroatoms. The Bertz CT molecular complexity index is 842. The lowest BCUT2D eigenvalue weighted by Gasteiger charge is -2.08. The van der Waals surface area contributed by atoms with Crippen LogP contribution in [0.1, 0.15) is 21.6 Å². The van der Waals surface area contributed by atoms with E-state index in [1.54, 1.807) is 26.1 Å². The van der Waals surface area contributed by atoms with E-state index in [0.717, 1.165) is 5.56 Å². The second-order valence-corrected chi connectivity index (χ2v) is 4.65. The highest BCUT2D eigenvalue weighted by molar-refractivity contribution is 6.01. The quantitative estimate of drug-likeness (QED) is 0.731. The van der Waals surface area contributed by atoms with E-state index < -0.39 is 5.95 Å². The molecular weight excluding hydrogens is 273 g/mol. The highest BCUT2D eigenvalue weighted by Crippen LogP contribution is 2.18. The van der Waals surface area contributed by atoms with E-state index in [0.29, 0.717) is 22.3 Å². The number of amides is 1. The van der Waals surface area contributed by atoms with Gasteiger partial charge in [0.05, 0.1) is 22.3 Å². The van der Waals surface area contributed by atoms with Gasteiger partial charge in [-0.1, -0.05) is 0 Å². The summed E-state index contributed by atoms with van der Waals surface area (Å²) < 4.78 is 14.7. The number of halogens is 1. The molecule has 0 aliphatic rings. The van der Waals surface area contributed by atoms with E-state index >= 15 is 0 Å². The van der Waals surface area contributed by atoms with Crippen LogP contribution in [0.15, 0.2) is 30.9 Å². The second-order valence-electron chi connectivity index (χ2n) is 4.65. The number of aromatic nitrogens is 4. The molecule has 1 amide bonds. The average Bonchev–Trinajstić information content (AvgIpc) is 2.75. The van der Waals surface area contributed by atoms with Crippen molar-refractivity contribution >= 4 is 16.9 Å². The lowest BCUT2D eigenvalue weighted by Crippen LogP contribution is -2.23. The van der Waals surface area contributed by atoms with Crippen LogP contribution in [0.3, 0.4) is 0 Å². The molecule has 106 valence electrons. The minimum Gasteiger partial charge on any atom is -0.267 e. The van der Waals surface area contributed by atoms with Gasteiger partial charge in [0, 0.05) is 12.4 Å². The first-order valence-electron chi connectivity index (χ1n) is 6.28. The van der Waals surface area contributed by atoms with Gasteiger partial charge in [0.25, 0.3) is 5.91 Å². The van der Waals surface area contributed by atoms with E-state index in [4.69, 9.17) is 0 Å². The van der Waals surface area contributed by atoms with Gasteiger partial charge in [0.15, 0.2) is 0 Å². The number of aryl methyl sites for hydroxylation is 2. The SMILES string of the molecule is Cc1ncncc1C(=O)Nn1cc(C)c2nc(F)ccc21. The molecule has 0 fully saturated rings. The van der Waals surface area contributed by atoms with Crippen molar-refractivity contribution < 1.29 is 9.18 Å². The zero-order valence-electron chi connectivity index (χ0n) is 11.5. The van der Waals surface area contributed by atoms with Crippen molar-refractivity contribution in [1.82, 2.24) is 19.6 Å². The summed E-state index contributed by atoms with van der Waals surface area (Å²) in [7, 11) is 0. The van der Waals surface area contributed by atoms with Gasteiger partial charge < -0.3 is 0 Å². The van der Waals surface area contributed by atoms with Crippen LogP contribution in [-0.4, -0.2) is 25.5 Å². The van der Waals surface area contributed by atoms with Crippen LogP contribution in [0.5, 0.6) is 0 Å². The Hall–Kier alpha value is -2.83. The third-order valence-electron chi connectivity index (χ3n) is 3.17. The number of hydrogen-bond donors (Lipinski definition) is 1. The normalized spacial score (nSPS) is 10.8. The molecule has 0 spiro atoms. The summed E-state index contributed by atoms with van der Waals surface area (Å²) in [6, 6.07) is 2.82. The van der Waals surface area contributed by atoms with Gasteiger partial charge in [-0.3, -0.25) is 14.9 Å². The maximum atomic E-state index is 13.2. The summed E-state index contributed by atoms with van der Waals surface area (Å²) in [6.07, 6.45) is 4.52. The number of carbonyl (C=O) groups is 1. The van der Waals surface area contributed by atoms with Crippen LogP contribution in [0.2, 0.25) is 0 Å². The zero-order valence-corrected chi connectivity index (χ0v) is 11.5. The molecule has 0 aliphatic carbocycles. The number of hydrogen-bond acceptors (Lipinski definition) is 4. The highest BCUT2D eigenvalue weighted by Gasteiger charge is 2.13. The van der Waals surface area contributed by atoms with Gasteiger partial charge in [-0.15, -0.1) is 0 Å². The molecule has 3 aromatic rings. The highest BCUT2D eigenvalue weighted by atomic mass is 19.1. The van der Waals surface area contributed by atoms with Crippen LogP contribution in [0, 0.1) is 19.8 Å². The Morgan fingerprint density at radius 3 is 2.90 bits per heavy atom. The Balaban J connectivity index is 1.99. The van der Waals surface area contributed by atoms with Crippen molar-refractivity contribution in [2.24, 2.45) is 0 Å². The molecule has 1 N–H and O–H groups in total. The van der Waals surface area contributed by atoms with Crippen molar-refractivity contribution in [3.05, 3.63) is 53.6 Å². The van der Waals surface area contributed by atoms with Gasteiger partial charge in [-0.05, 0) is 31.5 Å². The molecule has 3 rings (SSSR count). The Morgan fingerprint density at radius 2 is 2.14 bits per heavy atom. The van der Waals surface area contributed by atoms with Gasteiger partial charge in [0.1, 0.15) is 6.33 Å². The fourth-order valence-electron chi connectivity index (χ4n) is 2.11. The molecule has 0 unspecified atom stereocenters. The number of carbonyl (C=O) groups excluding carboxylic acids is 1. The predicted molar refractivity (Wildman–Crippen MR) is 74.9 cm³/mol. The van der Waals surface area contributed by atoms with E-state index in [1.807, 2.05) is 0 Å². The van der Waals surface area contributed by atoms with Crippen molar-refractivity contribution in [1.29, 1.82) is 0 Å². The molecule has 0 bridgehead atoms. The third-order valence-corrected chi connectivity index (χ3v) is 3.17. The zero-order chi connectivity index (χ0) is 15.0. The lowest BCUT2D eigenvalue weighted by atomic mass is 10.2. The number of nitrogens with zero attached hydrogens (tertiary/aromatic N) is 4. The minimum absolute atomic E-state index is 0.339. The summed E-state index contributed by atoms with van der Waals surface area (Å²) in [5, 5.41) is 0. The van der Waals surface area contributed by atoms with Crippen molar-refractivity contribution in [3.8, 4) is 0 Å². The van der Waals surface area contributed by atoms with Gasteiger partial charge >= 0.3 is 0 Å². The minimum atomic E-state index is -0.554. The summed E-state index contributed by atoms with van der Waals surface area (Å²) in [4.78, 5) is 23.9. The molecule has 21 heavy (non-hydrogen) atoms. The van der Waals surface area contributed by atoms with E-state index in [1.165, 1.54) is 23.3 Å². The van der Waals surface area contributed by atoms with E-state index in [2.05, 4.69) is 20.4 Å². The van der Waals surface area contributed by atoms with Crippen molar-refractivity contribution in [2.75, 3.05) is 5.43 Å². The number of fused-ring (bicyclic) bond motifs is 1. The van der Waals surface area contributed by atoms with Crippen LogP contribution < -0.4 is 5.43 Å². The molecule has 0 aliphatic heterocycles. The van der Waals surface area contributed by atoms with Crippen molar-refractivity contribution in [2.45, 2.75) is 13.8 Å². The van der Waals surface area contributed by atoms with Crippen LogP contribution in [-0.2, 0) is 0 Å². The molecule has 6 nitrogen and oxygen atoms in total.